The Morgan fingerprint density at radius 1 is 0.896 bits per heavy atom. The lowest BCUT2D eigenvalue weighted by atomic mass is 10.0. The molecule has 1 saturated heterocycles. The number of amidine groups is 1. The van der Waals surface area contributed by atoms with Gasteiger partial charge in [0.05, 0.1) is 10.5 Å². The van der Waals surface area contributed by atoms with Gasteiger partial charge < -0.3 is 20.4 Å². The van der Waals surface area contributed by atoms with Gasteiger partial charge in [0.15, 0.2) is 5.84 Å². The Balaban J connectivity index is 1.23. The van der Waals surface area contributed by atoms with Gasteiger partial charge in [0.2, 0.25) is 15.9 Å². The Labute approximate surface area is 281 Å². The van der Waals surface area contributed by atoms with Crippen LogP contribution in [-0.4, -0.2) is 74.1 Å². The standard InChI is InChI=1S/C35H33N5O6S2/c1-23(41)46-37-33(36)27-10-6-7-24(19-27)20-31(38-48(44,45)28-14-13-25-8-2-3-9-26(25)21-28)35(43)40-17-15-39(16-18-40)34(42)30-22-47-32-12-5-4-11-29(30)32/h2-14,19,21-22,31,38H,15-18,20H2,1H3,(H2,36,37)/t31-/m0/s1. The first-order chi connectivity index (χ1) is 23.1. The summed E-state index contributed by atoms with van der Waals surface area (Å²) in [6.45, 7) is 2.28. The highest BCUT2D eigenvalue weighted by Crippen LogP contribution is 2.27. The minimum atomic E-state index is -4.14. The topological polar surface area (TPSA) is 151 Å². The Morgan fingerprint density at radius 2 is 1.60 bits per heavy atom. The maximum absolute atomic E-state index is 14.1. The number of nitrogens with two attached hydrogens (primary N) is 1. The van der Waals surface area contributed by atoms with E-state index in [0.29, 0.717) is 29.8 Å². The Morgan fingerprint density at radius 3 is 2.38 bits per heavy atom. The molecule has 0 unspecified atom stereocenters. The monoisotopic (exact) mass is 683 g/mol. The minimum Gasteiger partial charge on any atom is -0.380 e. The number of oxime groups is 1. The molecule has 13 heteroatoms. The highest BCUT2D eigenvalue weighted by molar-refractivity contribution is 7.89. The van der Waals surface area contributed by atoms with Crippen molar-refractivity contribution in [3.63, 3.8) is 0 Å². The number of hydrogen-bond acceptors (Lipinski definition) is 8. The molecule has 3 N–H and O–H groups in total. The molecule has 246 valence electrons. The SMILES string of the molecule is CC(=O)ON=C(N)c1cccc(C[C@H](NS(=O)(=O)c2ccc3ccccc3c2)C(=O)N2CCN(C(=O)c3csc4ccccc34)CC2)c1. The van der Waals surface area contributed by atoms with Gasteiger partial charge in [-0.05, 0) is 47.0 Å². The molecule has 1 fully saturated rings. The smallest absolute Gasteiger partial charge is 0.332 e. The van der Waals surface area contributed by atoms with E-state index in [1.165, 1.54) is 24.3 Å². The number of rotatable bonds is 9. The molecule has 2 amide bonds. The van der Waals surface area contributed by atoms with Gasteiger partial charge in [-0.25, -0.2) is 13.2 Å². The van der Waals surface area contributed by atoms with Gasteiger partial charge in [0.25, 0.3) is 5.91 Å². The third-order valence-electron chi connectivity index (χ3n) is 8.15. The number of carbonyl (C=O) groups is 3. The molecule has 1 atom stereocenters. The van der Waals surface area contributed by atoms with E-state index in [9.17, 15) is 22.8 Å². The molecule has 4 aromatic carbocycles. The van der Waals surface area contributed by atoms with Crippen LogP contribution in [0.25, 0.3) is 20.9 Å². The van der Waals surface area contributed by atoms with Crippen molar-refractivity contribution in [2.75, 3.05) is 26.2 Å². The fourth-order valence-corrected chi connectivity index (χ4v) is 7.85. The fraction of sp³-hybridized carbons (Fsp3) is 0.200. The first-order valence-electron chi connectivity index (χ1n) is 15.2. The summed E-state index contributed by atoms with van der Waals surface area (Å²) in [5.74, 6) is -1.20. The number of amides is 2. The zero-order valence-electron chi connectivity index (χ0n) is 26.0. The number of nitrogens with zero attached hydrogens (tertiary/aromatic N) is 3. The molecule has 6 rings (SSSR count). The molecule has 48 heavy (non-hydrogen) atoms. The number of benzene rings is 4. The van der Waals surface area contributed by atoms with E-state index in [1.54, 1.807) is 46.2 Å². The zero-order chi connectivity index (χ0) is 33.8. The quantitative estimate of drug-likeness (QED) is 0.103. The molecule has 0 aliphatic carbocycles. The first-order valence-corrected chi connectivity index (χ1v) is 17.6. The summed E-state index contributed by atoms with van der Waals surface area (Å²) in [6.07, 6.45) is 0.000365. The molecule has 1 aromatic heterocycles. The van der Waals surface area contributed by atoms with Gasteiger partial charge in [-0.3, -0.25) is 9.59 Å². The largest absolute Gasteiger partial charge is 0.380 e. The normalized spacial score (nSPS) is 14.6. The summed E-state index contributed by atoms with van der Waals surface area (Å²) in [6, 6.07) is 25.5. The number of hydrogen-bond donors (Lipinski definition) is 2. The second kappa shape index (κ2) is 13.9. The van der Waals surface area contributed by atoms with E-state index >= 15 is 0 Å². The average Bonchev–Trinajstić information content (AvgIpc) is 3.54. The third-order valence-corrected chi connectivity index (χ3v) is 10.6. The lowest BCUT2D eigenvalue weighted by molar-refractivity contribution is -0.141. The van der Waals surface area contributed by atoms with Crippen molar-refractivity contribution in [2.45, 2.75) is 24.3 Å². The van der Waals surface area contributed by atoms with E-state index < -0.39 is 27.9 Å². The van der Waals surface area contributed by atoms with Crippen LogP contribution in [0.4, 0.5) is 0 Å². The summed E-state index contributed by atoms with van der Waals surface area (Å²) in [4.78, 5) is 46.7. The van der Waals surface area contributed by atoms with Gasteiger partial charge in [-0.1, -0.05) is 71.9 Å². The number of nitrogens with one attached hydrogen (secondary N) is 1. The van der Waals surface area contributed by atoms with Crippen LogP contribution in [0, 0.1) is 0 Å². The summed E-state index contributed by atoms with van der Waals surface area (Å²) in [5, 5.41) is 8.02. The molecule has 2 heterocycles. The number of piperazine rings is 1. The molecule has 1 aliphatic rings. The third kappa shape index (κ3) is 7.23. The summed E-state index contributed by atoms with van der Waals surface area (Å²) < 4.78 is 31.2. The van der Waals surface area contributed by atoms with Crippen LogP contribution in [0.5, 0.6) is 0 Å². The average molecular weight is 684 g/mol. The number of thiophene rings is 1. The molecular weight excluding hydrogens is 651 g/mol. The van der Waals surface area contributed by atoms with Crippen molar-refractivity contribution in [2.24, 2.45) is 10.9 Å². The lowest BCUT2D eigenvalue weighted by Gasteiger charge is -2.36. The van der Waals surface area contributed by atoms with Crippen molar-refractivity contribution >= 4 is 65.8 Å². The van der Waals surface area contributed by atoms with Crippen LogP contribution >= 0.6 is 11.3 Å². The highest BCUT2D eigenvalue weighted by atomic mass is 32.2. The maximum Gasteiger partial charge on any atom is 0.332 e. The summed E-state index contributed by atoms with van der Waals surface area (Å²) in [5.41, 5.74) is 7.67. The highest BCUT2D eigenvalue weighted by Gasteiger charge is 2.33. The number of carbonyl (C=O) groups excluding carboxylic acids is 3. The summed E-state index contributed by atoms with van der Waals surface area (Å²) >= 11 is 1.51. The van der Waals surface area contributed by atoms with Crippen LogP contribution in [-0.2, 0) is 30.9 Å². The molecule has 0 spiro atoms. The van der Waals surface area contributed by atoms with Crippen LogP contribution in [0.1, 0.15) is 28.4 Å². The Hall–Kier alpha value is -5.11. The van der Waals surface area contributed by atoms with Gasteiger partial charge in [-0.15, -0.1) is 11.3 Å². The Bertz CT molecular complexity index is 2160. The van der Waals surface area contributed by atoms with Crippen molar-refractivity contribution in [1.82, 2.24) is 14.5 Å². The molecule has 11 nitrogen and oxygen atoms in total. The van der Waals surface area contributed by atoms with E-state index in [0.717, 1.165) is 20.9 Å². The predicted octanol–water partition coefficient (Wildman–Crippen LogP) is 4.11. The van der Waals surface area contributed by atoms with Crippen molar-refractivity contribution in [3.05, 3.63) is 113 Å². The molecule has 0 bridgehead atoms. The second-order valence-electron chi connectivity index (χ2n) is 11.4. The minimum absolute atomic E-state index is 0.000365. The number of fused-ring (bicyclic) bond motifs is 2. The molecule has 0 saturated carbocycles. The van der Waals surface area contributed by atoms with E-state index in [-0.39, 0.29) is 36.1 Å². The maximum atomic E-state index is 14.1. The van der Waals surface area contributed by atoms with Crippen LogP contribution in [0.2, 0.25) is 0 Å². The van der Waals surface area contributed by atoms with E-state index in [1.807, 2.05) is 53.9 Å². The van der Waals surface area contributed by atoms with Crippen LogP contribution in [0.3, 0.4) is 0 Å². The van der Waals surface area contributed by atoms with Gasteiger partial charge in [-0.2, -0.15) is 4.72 Å². The van der Waals surface area contributed by atoms with Crippen molar-refractivity contribution in [1.29, 1.82) is 0 Å². The van der Waals surface area contributed by atoms with Gasteiger partial charge in [0.1, 0.15) is 6.04 Å². The van der Waals surface area contributed by atoms with Crippen LogP contribution in [0.15, 0.2) is 106 Å². The Kier molecular flexibility index (Phi) is 9.53. The molecular formula is C35H33N5O6S2. The lowest BCUT2D eigenvalue weighted by Crippen LogP contribution is -2.56. The van der Waals surface area contributed by atoms with Gasteiger partial charge in [0, 0.05) is 54.1 Å². The van der Waals surface area contributed by atoms with Gasteiger partial charge >= 0.3 is 5.97 Å². The molecule has 1 aliphatic heterocycles. The second-order valence-corrected chi connectivity index (χ2v) is 14.0. The zero-order valence-corrected chi connectivity index (χ0v) is 27.7. The summed E-state index contributed by atoms with van der Waals surface area (Å²) in [7, 11) is -4.14. The van der Waals surface area contributed by atoms with Crippen LogP contribution < -0.4 is 10.5 Å². The van der Waals surface area contributed by atoms with Crippen molar-refractivity contribution < 1.29 is 27.6 Å². The predicted molar refractivity (Wildman–Crippen MR) is 185 cm³/mol. The first kappa shape index (κ1) is 32.8. The molecule has 0 radical (unpaired) electrons. The van der Waals surface area contributed by atoms with E-state index in [2.05, 4.69) is 14.7 Å². The fourth-order valence-electron chi connectivity index (χ4n) is 5.69. The van der Waals surface area contributed by atoms with E-state index in [4.69, 9.17) is 5.73 Å². The number of sulfonamides is 1. The molecule has 5 aromatic rings. The van der Waals surface area contributed by atoms with Crippen molar-refractivity contribution in [3.8, 4) is 0 Å².